The molecule has 5 heteroatoms. The normalized spacial score (nSPS) is 55.1. The van der Waals surface area contributed by atoms with Gasteiger partial charge in [0.15, 0.2) is 11.6 Å². The average Bonchev–Trinajstić information content (AvgIpc) is 3.31. The zero-order valence-electron chi connectivity index (χ0n) is 16.2. The summed E-state index contributed by atoms with van der Waals surface area (Å²) in [6.07, 6.45) is 8.58. The molecule has 146 valence electrons. The first kappa shape index (κ1) is 17.8. The number of carbonyl (C=O) groups excluding carboxylic acids is 2. The zero-order valence-corrected chi connectivity index (χ0v) is 16.2. The maximum atomic E-state index is 12.6. The van der Waals surface area contributed by atoms with Crippen LogP contribution in [0, 0.1) is 28.6 Å². The van der Waals surface area contributed by atoms with Crippen molar-refractivity contribution in [1.29, 1.82) is 0 Å². The number of hydrogen-bond donors (Lipinski definition) is 2. The number of ether oxygens (including phenoxy) is 1. The second-order valence-electron chi connectivity index (χ2n) is 9.86. The quantitative estimate of drug-likeness (QED) is 0.724. The summed E-state index contributed by atoms with van der Waals surface area (Å²) in [6, 6.07) is 0. The van der Waals surface area contributed by atoms with Gasteiger partial charge in [0.05, 0.1) is 6.10 Å². The van der Waals surface area contributed by atoms with Crippen LogP contribution in [0.4, 0.5) is 0 Å². The van der Waals surface area contributed by atoms with Crippen molar-refractivity contribution in [2.75, 3.05) is 6.61 Å². The molecule has 5 aliphatic rings. The molecule has 1 saturated heterocycles. The van der Waals surface area contributed by atoms with E-state index in [-0.39, 0.29) is 40.7 Å². The Bertz CT molecular complexity index is 814. The van der Waals surface area contributed by atoms with Crippen LogP contribution >= 0.6 is 0 Å². The number of fused-ring (bicyclic) bond motifs is 3. The van der Waals surface area contributed by atoms with Crippen molar-refractivity contribution >= 4 is 11.6 Å². The van der Waals surface area contributed by atoms with Crippen LogP contribution in [0.3, 0.4) is 0 Å². The summed E-state index contributed by atoms with van der Waals surface area (Å²) in [6.45, 7) is 5.51. The Morgan fingerprint density at radius 2 is 2.07 bits per heavy atom. The molecule has 0 amide bonds. The second-order valence-corrected chi connectivity index (χ2v) is 9.86. The summed E-state index contributed by atoms with van der Waals surface area (Å²) < 4.78 is 6.43. The number of Topliss-reactive ketones (excluding diaryl/α,β-unsaturated/α-hetero) is 1. The summed E-state index contributed by atoms with van der Waals surface area (Å²) in [5, 5.41) is 21.0. The Balaban J connectivity index is 1.60. The lowest BCUT2D eigenvalue weighted by molar-refractivity contribution is -0.165. The largest absolute Gasteiger partial charge is 0.388 e. The summed E-state index contributed by atoms with van der Waals surface area (Å²) in [4.78, 5) is 24.5. The van der Waals surface area contributed by atoms with Gasteiger partial charge in [0, 0.05) is 10.8 Å². The third-order valence-corrected chi connectivity index (χ3v) is 9.08. The number of allylic oxidation sites excluding steroid dienone is 2. The first-order chi connectivity index (χ1) is 12.6. The first-order valence-corrected chi connectivity index (χ1v) is 10.1. The van der Waals surface area contributed by atoms with Crippen LogP contribution in [0.25, 0.3) is 0 Å². The van der Waals surface area contributed by atoms with Crippen molar-refractivity contribution in [1.82, 2.24) is 0 Å². The summed E-state index contributed by atoms with van der Waals surface area (Å²) in [5.41, 5.74) is -1.55. The first-order valence-electron chi connectivity index (χ1n) is 10.1. The van der Waals surface area contributed by atoms with E-state index in [2.05, 4.69) is 6.92 Å². The number of hydrogen-bond acceptors (Lipinski definition) is 5. The van der Waals surface area contributed by atoms with Crippen molar-refractivity contribution in [2.45, 2.75) is 63.8 Å². The molecule has 0 aromatic heterocycles. The van der Waals surface area contributed by atoms with Crippen LogP contribution in [0.2, 0.25) is 0 Å². The molecule has 0 radical (unpaired) electrons. The van der Waals surface area contributed by atoms with Gasteiger partial charge >= 0.3 is 0 Å². The molecular weight excluding hydrogens is 344 g/mol. The van der Waals surface area contributed by atoms with E-state index in [0.717, 1.165) is 24.8 Å². The van der Waals surface area contributed by atoms with E-state index in [0.29, 0.717) is 6.42 Å². The molecule has 0 bridgehead atoms. The number of rotatable bonds is 2. The van der Waals surface area contributed by atoms with E-state index >= 15 is 0 Å². The molecule has 2 unspecified atom stereocenters. The van der Waals surface area contributed by atoms with Crippen molar-refractivity contribution in [3.05, 3.63) is 23.8 Å². The van der Waals surface area contributed by atoms with E-state index < -0.39 is 23.4 Å². The highest BCUT2D eigenvalue weighted by Crippen LogP contribution is 2.76. The topological polar surface area (TPSA) is 87.1 Å². The minimum atomic E-state index is -1.50. The Morgan fingerprint density at radius 1 is 1.33 bits per heavy atom. The zero-order chi connectivity index (χ0) is 19.4. The van der Waals surface area contributed by atoms with Crippen LogP contribution < -0.4 is 0 Å². The van der Waals surface area contributed by atoms with Crippen molar-refractivity contribution < 1.29 is 24.5 Å². The van der Waals surface area contributed by atoms with E-state index in [4.69, 9.17) is 4.74 Å². The molecule has 3 saturated carbocycles. The third-order valence-electron chi connectivity index (χ3n) is 9.08. The molecule has 4 aliphatic carbocycles. The van der Waals surface area contributed by atoms with Crippen molar-refractivity contribution in [3.63, 3.8) is 0 Å². The van der Waals surface area contributed by atoms with E-state index in [1.165, 1.54) is 0 Å². The fourth-order valence-corrected chi connectivity index (χ4v) is 7.70. The molecule has 5 nitrogen and oxygen atoms in total. The lowest BCUT2D eigenvalue weighted by atomic mass is 9.46. The second kappa shape index (κ2) is 5.00. The minimum Gasteiger partial charge on any atom is -0.388 e. The molecule has 5 rings (SSSR count). The summed E-state index contributed by atoms with van der Waals surface area (Å²) >= 11 is 0. The fourth-order valence-electron chi connectivity index (χ4n) is 7.70. The van der Waals surface area contributed by atoms with Crippen LogP contribution in [-0.4, -0.2) is 45.7 Å². The van der Waals surface area contributed by atoms with Crippen molar-refractivity contribution in [2.24, 2.45) is 28.6 Å². The van der Waals surface area contributed by atoms with Gasteiger partial charge in [-0.3, -0.25) is 9.59 Å². The molecule has 1 aliphatic heterocycles. The highest BCUT2D eigenvalue weighted by atomic mass is 16.6. The van der Waals surface area contributed by atoms with Gasteiger partial charge in [-0.15, -0.1) is 0 Å². The number of carbonyl (C=O) groups is 2. The highest BCUT2D eigenvalue weighted by Gasteiger charge is 2.81. The molecule has 2 N–H and O–H groups in total. The SMILES string of the molecule is CC1C[C@H]2[C@@H]3CCC4=CC(=O)C=C[C@]4(C)C34O[C@H]4C[C@]2(C)[C@@]1(O)C(=O)CO. The summed E-state index contributed by atoms with van der Waals surface area (Å²) in [7, 11) is 0. The van der Waals surface area contributed by atoms with E-state index in [9.17, 15) is 19.8 Å². The summed E-state index contributed by atoms with van der Waals surface area (Å²) in [5.74, 6) is -0.193. The molecule has 0 aromatic rings. The van der Waals surface area contributed by atoms with E-state index in [1.54, 1.807) is 12.2 Å². The van der Waals surface area contributed by atoms with Gasteiger partial charge in [-0.25, -0.2) is 0 Å². The predicted octanol–water partition coefficient (Wildman–Crippen LogP) is 1.96. The van der Waals surface area contributed by atoms with Gasteiger partial charge in [0.2, 0.25) is 0 Å². The smallest absolute Gasteiger partial charge is 0.190 e. The molecule has 1 spiro atoms. The number of aliphatic hydroxyl groups excluding tert-OH is 1. The Kier molecular flexibility index (Phi) is 3.29. The average molecular weight is 372 g/mol. The maximum Gasteiger partial charge on any atom is 0.190 e. The molecule has 8 atom stereocenters. The van der Waals surface area contributed by atoms with Gasteiger partial charge in [0.25, 0.3) is 0 Å². The fraction of sp³-hybridized carbons (Fsp3) is 0.727. The number of aliphatic hydroxyl groups is 2. The molecule has 4 fully saturated rings. The molecule has 27 heavy (non-hydrogen) atoms. The van der Waals surface area contributed by atoms with Gasteiger partial charge < -0.3 is 14.9 Å². The van der Waals surface area contributed by atoms with Crippen LogP contribution in [0.1, 0.15) is 46.5 Å². The molecule has 0 aromatic carbocycles. The molecular formula is C22H28O5. The lowest BCUT2D eigenvalue weighted by Gasteiger charge is -2.55. The number of epoxide rings is 1. The third kappa shape index (κ3) is 1.73. The van der Waals surface area contributed by atoms with Gasteiger partial charge in [-0.1, -0.05) is 25.5 Å². The van der Waals surface area contributed by atoms with E-state index in [1.807, 2.05) is 19.9 Å². The minimum absolute atomic E-state index is 0.0291. The standard InChI is InChI=1S/C22H28O5/c1-12-8-16-15-5-4-13-9-14(24)6-7-19(13,2)22(15)18(27-22)10-20(16,3)21(12,26)17(25)11-23/h6-7,9,12,15-16,18,23,26H,4-5,8,10-11H2,1-3H3/t12?,15-,16-,18-,19-,20-,21-,22?/m0/s1. The number of ketones is 2. The van der Waals surface area contributed by atoms with Crippen LogP contribution in [0.5, 0.6) is 0 Å². The van der Waals surface area contributed by atoms with Gasteiger partial charge in [-0.05, 0) is 62.5 Å². The van der Waals surface area contributed by atoms with Gasteiger partial charge in [-0.2, -0.15) is 0 Å². The monoisotopic (exact) mass is 372 g/mol. The van der Waals surface area contributed by atoms with Crippen LogP contribution in [-0.2, 0) is 14.3 Å². The Hall–Kier alpha value is -1.30. The van der Waals surface area contributed by atoms with Gasteiger partial charge in [0.1, 0.15) is 17.8 Å². The highest BCUT2D eigenvalue weighted by molar-refractivity contribution is 6.01. The Labute approximate surface area is 159 Å². The van der Waals surface area contributed by atoms with Crippen LogP contribution in [0.15, 0.2) is 23.8 Å². The maximum absolute atomic E-state index is 12.6. The van der Waals surface area contributed by atoms with Crippen molar-refractivity contribution in [3.8, 4) is 0 Å². The Morgan fingerprint density at radius 3 is 2.78 bits per heavy atom. The predicted molar refractivity (Wildman–Crippen MR) is 97.7 cm³/mol. The molecule has 1 heterocycles. The lowest BCUT2D eigenvalue weighted by Crippen LogP contribution is -2.62.